The molecule has 0 aromatic heterocycles. The molecule has 0 amide bonds. The highest BCUT2D eigenvalue weighted by Gasteiger charge is 2.08. The summed E-state index contributed by atoms with van der Waals surface area (Å²) in [5.41, 5.74) is 5.52. The van der Waals surface area contributed by atoms with Gasteiger partial charge >= 0.3 is 0 Å². The minimum Gasteiger partial charge on any atom is -0.490 e. The second-order valence-corrected chi connectivity index (χ2v) is 3.97. The van der Waals surface area contributed by atoms with Crippen molar-refractivity contribution < 1.29 is 9.47 Å². The van der Waals surface area contributed by atoms with Gasteiger partial charge in [-0.2, -0.15) is 0 Å². The molecule has 0 saturated heterocycles. The van der Waals surface area contributed by atoms with E-state index in [0.29, 0.717) is 18.2 Å². The van der Waals surface area contributed by atoms with Crippen LogP contribution in [0.5, 0.6) is 11.5 Å². The molecule has 0 aliphatic rings. The Morgan fingerprint density at radius 1 is 1.31 bits per heavy atom. The van der Waals surface area contributed by atoms with Gasteiger partial charge < -0.3 is 15.2 Å². The summed E-state index contributed by atoms with van der Waals surface area (Å²) in [5.74, 6) is 1.54. The molecule has 0 aliphatic carbocycles. The predicted octanol–water partition coefficient (Wildman–Crippen LogP) is 2.39. The zero-order valence-corrected chi connectivity index (χ0v) is 10.4. The largest absolute Gasteiger partial charge is 0.490 e. The van der Waals surface area contributed by atoms with Crippen LogP contribution in [0.15, 0.2) is 24.3 Å². The van der Waals surface area contributed by atoms with Crippen LogP contribution < -0.4 is 15.2 Å². The first kappa shape index (κ1) is 12.8. The van der Waals surface area contributed by atoms with Crippen LogP contribution >= 0.6 is 12.2 Å². The molecule has 0 fully saturated rings. The number of hydrogen-bond donors (Lipinski definition) is 1. The summed E-state index contributed by atoms with van der Waals surface area (Å²) in [7, 11) is 0. The van der Waals surface area contributed by atoms with Gasteiger partial charge in [-0.25, -0.2) is 0 Å². The minimum atomic E-state index is 0.0599. The standard InChI is InChI=1S/C12H17NO2S/c1-3-14-10-6-4-5-7-11(10)15-8-9(2)12(13)16/h4-7,9H,3,8H2,1-2H3,(H2,13,16). The molecule has 0 spiro atoms. The third-order valence-corrected chi connectivity index (χ3v) is 2.53. The molecule has 0 saturated carbocycles. The highest BCUT2D eigenvalue weighted by Crippen LogP contribution is 2.26. The van der Waals surface area contributed by atoms with Gasteiger partial charge in [0, 0.05) is 5.92 Å². The maximum absolute atomic E-state index is 5.62. The topological polar surface area (TPSA) is 44.5 Å². The first-order chi connectivity index (χ1) is 7.65. The molecule has 0 heterocycles. The Hall–Kier alpha value is -1.29. The molecule has 1 rings (SSSR count). The normalized spacial score (nSPS) is 11.9. The fourth-order valence-corrected chi connectivity index (χ4v) is 1.21. The lowest BCUT2D eigenvalue weighted by atomic mass is 10.2. The number of ether oxygens (including phenoxy) is 2. The summed E-state index contributed by atoms with van der Waals surface area (Å²) in [6.07, 6.45) is 0. The van der Waals surface area contributed by atoms with E-state index >= 15 is 0 Å². The number of para-hydroxylation sites is 2. The average Bonchev–Trinajstić information content (AvgIpc) is 2.27. The maximum atomic E-state index is 5.62. The molecule has 0 bridgehead atoms. The molecule has 0 radical (unpaired) electrons. The van der Waals surface area contributed by atoms with E-state index in [2.05, 4.69) is 0 Å². The highest BCUT2D eigenvalue weighted by atomic mass is 32.1. The molecule has 1 atom stereocenters. The van der Waals surface area contributed by atoms with E-state index in [9.17, 15) is 0 Å². The van der Waals surface area contributed by atoms with Gasteiger partial charge in [0.15, 0.2) is 11.5 Å². The molecule has 88 valence electrons. The zero-order chi connectivity index (χ0) is 12.0. The van der Waals surface area contributed by atoms with Crippen molar-refractivity contribution in [2.75, 3.05) is 13.2 Å². The lowest BCUT2D eigenvalue weighted by Gasteiger charge is -2.14. The number of benzene rings is 1. The van der Waals surface area contributed by atoms with Crippen molar-refractivity contribution in [3.05, 3.63) is 24.3 Å². The smallest absolute Gasteiger partial charge is 0.161 e. The van der Waals surface area contributed by atoms with E-state index in [1.165, 1.54) is 0 Å². The van der Waals surface area contributed by atoms with Gasteiger partial charge in [0.2, 0.25) is 0 Å². The third kappa shape index (κ3) is 3.70. The second-order valence-electron chi connectivity index (χ2n) is 3.49. The Labute approximate surface area is 102 Å². The molecule has 3 nitrogen and oxygen atoms in total. The van der Waals surface area contributed by atoms with Crippen LogP contribution in [0, 0.1) is 5.92 Å². The fraction of sp³-hybridized carbons (Fsp3) is 0.417. The highest BCUT2D eigenvalue weighted by molar-refractivity contribution is 7.80. The maximum Gasteiger partial charge on any atom is 0.161 e. The lowest BCUT2D eigenvalue weighted by Crippen LogP contribution is -2.24. The molecule has 1 unspecified atom stereocenters. The van der Waals surface area contributed by atoms with Gasteiger partial charge in [-0.1, -0.05) is 31.3 Å². The number of hydrogen-bond acceptors (Lipinski definition) is 3. The van der Waals surface area contributed by atoms with Gasteiger partial charge in [-0.15, -0.1) is 0 Å². The van der Waals surface area contributed by atoms with E-state index in [1.807, 2.05) is 38.1 Å². The van der Waals surface area contributed by atoms with Crippen LogP contribution in [0.4, 0.5) is 0 Å². The van der Waals surface area contributed by atoms with E-state index in [0.717, 1.165) is 11.5 Å². The van der Waals surface area contributed by atoms with Crippen LogP contribution in [-0.4, -0.2) is 18.2 Å². The lowest BCUT2D eigenvalue weighted by molar-refractivity contribution is 0.263. The predicted molar refractivity (Wildman–Crippen MR) is 69.1 cm³/mol. The summed E-state index contributed by atoms with van der Waals surface area (Å²) < 4.78 is 11.1. The number of rotatable bonds is 6. The van der Waals surface area contributed by atoms with Gasteiger partial charge in [0.05, 0.1) is 18.2 Å². The van der Waals surface area contributed by atoms with Crippen molar-refractivity contribution in [1.29, 1.82) is 0 Å². The van der Waals surface area contributed by atoms with Crippen LogP contribution in [0.25, 0.3) is 0 Å². The van der Waals surface area contributed by atoms with E-state index in [1.54, 1.807) is 0 Å². The van der Waals surface area contributed by atoms with Crippen LogP contribution in [0.1, 0.15) is 13.8 Å². The fourth-order valence-electron chi connectivity index (χ4n) is 1.14. The SMILES string of the molecule is CCOc1ccccc1OCC(C)C(N)=S. The van der Waals surface area contributed by atoms with Gasteiger partial charge in [-0.3, -0.25) is 0 Å². The summed E-state index contributed by atoms with van der Waals surface area (Å²) in [5, 5.41) is 0. The van der Waals surface area contributed by atoms with Crippen LogP contribution in [0.2, 0.25) is 0 Å². The molecule has 16 heavy (non-hydrogen) atoms. The zero-order valence-electron chi connectivity index (χ0n) is 9.60. The number of nitrogens with two attached hydrogens (primary N) is 1. The van der Waals surface area contributed by atoms with Gasteiger partial charge in [-0.05, 0) is 19.1 Å². The van der Waals surface area contributed by atoms with Crippen molar-refractivity contribution in [2.24, 2.45) is 11.7 Å². The molecular weight excluding hydrogens is 222 g/mol. The second kappa shape index (κ2) is 6.33. The Morgan fingerprint density at radius 2 is 1.88 bits per heavy atom. The molecule has 0 aliphatic heterocycles. The first-order valence-corrected chi connectivity index (χ1v) is 5.70. The van der Waals surface area contributed by atoms with Crippen molar-refractivity contribution in [3.63, 3.8) is 0 Å². The summed E-state index contributed by atoms with van der Waals surface area (Å²) >= 11 is 4.88. The van der Waals surface area contributed by atoms with Gasteiger partial charge in [0.1, 0.15) is 0 Å². The Morgan fingerprint density at radius 3 is 2.38 bits per heavy atom. The summed E-state index contributed by atoms with van der Waals surface area (Å²) in [6, 6.07) is 7.57. The molecule has 1 aromatic rings. The van der Waals surface area contributed by atoms with E-state index in [4.69, 9.17) is 27.4 Å². The van der Waals surface area contributed by atoms with Gasteiger partial charge in [0.25, 0.3) is 0 Å². The minimum absolute atomic E-state index is 0.0599. The summed E-state index contributed by atoms with van der Waals surface area (Å²) in [6.45, 7) is 4.96. The average molecular weight is 239 g/mol. The Balaban J connectivity index is 2.62. The monoisotopic (exact) mass is 239 g/mol. The third-order valence-electron chi connectivity index (χ3n) is 2.12. The van der Waals surface area contributed by atoms with Crippen molar-refractivity contribution in [1.82, 2.24) is 0 Å². The molecular formula is C12H17NO2S. The number of thiocarbonyl (C=S) groups is 1. The Bertz CT molecular complexity index is 355. The molecule has 4 heteroatoms. The quantitative estimate of drug-likeness (QED) is 0.774. The van der Waals surface area contributed by atoms with Crippen molar-refractivity contribution in [2.45, 2.75) is 13.8 Å². The van der Waals surface area contributed by atoms with E-state index < -0.39 is 0 Å². The molecule has 1 aromatic carbocycles. The summed E-state index contributed by atoms with van der Waals surface area (Å²) in [4.78, 5) is 0.467. The van der Waals surface area contributed by atoms with Crippen LogP contribution in [-0.2, 0) is 0 Å². The van der Waals surface area contributed by atoms with Crippen molar-refractivity contribution in [3.8, 4) is 11.5 Å². The molecule has 2 N–H and O–H groups in total. The van der Waals surface area contributed by atoms with Crippen molar-refractivity contribution >= 4 is 17.2 Å². The van der Waals surface area contributed by atoms with Crippen LogP contribution in [0.3, 0.4) is 0 Å². The Kier molecular flexibility index (Phi) is 5.05. The van der Waals surface area contributed by atoms with E-state index in [-0.39, 0.29) is 5.92 Å². The first-order valence-electron chi connectivity index (χ1n) is 5.29.